The Hall–Kier alpha value is -1.92. The van der Waals surface area contributed by atoms with Gasteiger partial charge in [0, 0.05) is 12.2 Å². The van der Waals surface area contributed by atoms with E-state index >= 15 is 0 Å². The highest BCUT2D eigenvalue weighted by Crippen LogP contribution is 2.09. The molecular weight excluding hydrogens is 221 g/mol. The fourth-order valence-corrected chi connectivity index (χ4v) is 1.69. The number of carbonyl (C=O) groups excluding carboxylic acids is 2. The van der Waals surface area contributed by atoms with Crippen molar-refractivity contribution >= 4 is 24.4 Å². The molecule has 1 aromatic rings. The van der Waals surface area contributed by atoms with Crippen LogP contribution < -0.4 is 5.46 Å². The Balaban J connectivity index is 2.25. The van der Waals surface area contributed by atoms with Gasteiger partial charge in [-0.25, -0.2) is 0 Å². The maximum Gasteiger partial charge on any atom is 0.488 e. The van der Waals surface area contributed by atoms with E-state index in [-0.39, 0.29) is 6.54 Å². The molecule has 2 N–H and O–H groups in total. The second kappa shape index (κ2) is 4.53. The summed E-state index contributed by atoms with van der Waals surface area (Å²) >= 11 is 0. The molecule has 2 amide bonds. The Morgan fingerprint density at radius 3 is 2.24 bits per heavy atom. The van der Waals surface area contributed by atoms with Crippen LogP contribution in [0.15, 0.2) is 36.4 Å². The van der Waals surface area contributed by atoms with E-state index < -0.39 is 18.9 Å². The number of carbonyl (C=O) groups is 2. The summed E-state index contributed by atoms with van der Waals surface area (Å²) in [6, 6.07) is 6.55. The van der Waals surface area contributed by atoms with Gasteiger partial charge < -0.3 is 10.0 Å². The maximum absolute atomic E-state index is 11.4. The van der Waals surface area contributed by atoms with Crippen molar-refractivity contribution in [2.24, 2.45) is 0 Å². The highest BCUT2D eigenvalue weighted by molar-refractivity contribution is 6.59. The average Bonchev–Trinajstić information content (AvgIpc) is 2.61. The van der Waals surface area contributed by atoms with E-state index in [1.807, 2.05) is 0 Å². The van der Waals surface area contributed by atoms with Crippen molar-refractivity contribution in [3.05, 3.63) is 42.0 Å². The predicted octanol–water partition coefficient (Wildman–Crippen LogP) is -1.21. The van der Waals surface area contributed by atoms with Crippen LogP contribution in [0, 0.1) is 0 Å². The third-order valence-corrected chi connectivity index (χ3v) is 2.56. The highest BCUT2D eigenvalue weighted by Gasteiger charge is 2.25. The molecule has 1 aromatic carbocycles. The van der Waals surface area contributed by atoms with Crippen LogP contribution in [0.4, 0.5) is 0 Å². The molecule has 2 rings (SSSR count). The third-order valence-electron chi connectivity index (χ3n) is 2.56. The zero-order valence-electron chi connectivity index (χ0n) is 8.91. The molecule has 5 nitrogen and oxygen atoms in total. The SMILES string of the molecule is O=C1C=CC(=O)N1Cc1ccccc1B(O)O. The number of hydrogen-bond donors (Lipinski definition) is 2. The molecule has 17 heavy (non-hydrogen) atoms. The molecule has 1 aliphatic rings. The molecule has 0 saturated carbocycles. The van der Waals surface area contributed by atoms with Gasteiger partial charge in [-0.15, -0.1) is 0 Å². The van der Waals surface area contributed by atoms with Crippen LogP contribution in [0.5, 0.6) is 0 Å². The summed E-state index contributed by atoms with van der Waals surface area (Å²) in [5, 5.41) is 18.3. The van der Waals surface area contributed by atoms with Crippen LogP contribution in [0.3, 0.4) is 0 Å². The van der Waals surface area contributed by atoms with Crippen molar-refractivity contribution < 1.29 is 19.6 Å². The largest absolute Gasteiger partial charge is 0.488 e. The first-order valence-electron chi connectivity index (χ1n) is 5.07. The van der Waals surface area contributed by atoms with Crippen LogP contribution in [0.2, 0.25) is 0 Å². The third kappa shape index (κ3) is 2.27. The molecule has 0 fully saturated rings. The van der Waals surface area contributed by atoms with Crippen molar-refractivity contribution in [3.8, 4) is 0 Å². The van der Waals surface area contributed by atoms with Crippen LogP contribution in [0.1, 0.15) is 5.56 Å². The van der Waals surface area contributed by atoms with E-state index in [1.54, 1.807) is 24.3 Å². The standard InChI is InChI=1S/C11H10BNO4/c14-10-5-6-11(15)13(10)7-8-3-1-2-4-9(8)12(16)17/h1-6,16-17H,7H2. The van der Waals surface area contributed by atoms with Crippen LogP contribution in [0.25, 0.3) is 0 Å². The van der Waals surface area contributed by atoms with Crippen molar-refractivity contribution in [1.82, 2.24) is 4.90 Å². The normalized spacial score (nSPS) is 14.6. The monoisotopic (exact) mass is 231 g/mol. The van der Waals surface area contributed by atoms with Crippen LogP contribution >= 0.6 is 0 Å². The van der Waals surface area contributed by atoms with Crippen LogP contribution in [-0.2, 0) is 16.1 Å². The first-order valence-corrected chi connectivity index (χ1v) is 5.07. The second-order valence-electron chi connectivity index (χ2n) is 3.67. The van der Waals surface area contributed by atoms with E-state index in [9.17, 15) is 9.59 Å². The van der Waals surface area contributed by atoms with Gasteiger partial charge in [-0.1, -0.05) is 24.3 Å². The van der Waals surface area contributed by atoms with Gasteiger partial charge in [-0.05, 0) is 11.0 Å². The molecule has 6 heteroatoms. The summed E-state index contributed by atoms with van der Waals surface area (Å²) in [5.74, 6) is -0.783. The van der Waals surface area contributed by atoms with Gasteiger partial charge in [0.15, 0.2) is 0 Å². The zero-order chi connectivity index (χ0) is 12.4. The lowest BCUT2D eigenvalue weighted by Gasteiger charge is -2.16. The lowest BCUT2D eigenvalue weighted by molar-refractivity contribution is -0.137. The van der Waals surface area contributed by atoms with E-state index in [0.717, 1.165) is 4.90 Å². The number of hydrogen-bond acceptors (Lipinski definition) is 4. The molecule has 0 spiro atoms. The molecule has 0 unspecified atom stereocenters. The zero-order valence-corrected chi connectivity index (χ0v) is 8.91. The molecule has 0 saturated heterocycles. The van der Waals surface area contributed by atoms with Crippen molar-refractivity contribution in [3.63, 3.8) is 0 Å². The van der Waals surface area contributed by atoms with Gasteiger partial charge in [-0.2, -0.15) is 0 Å². The summed E-state index contributed by atoms with van der Waals surface area (Å²) in [6.07, 6.45) is 2.39. The minimum absolute atomic E-state index is 0.0401. The Morgan fingerprint density at radius 2 is 1.65 bits per heavy atom. The summed E-state index contributed by atoms with van der Waals surface area (Å²) in [4.78, 5) is 23.8. The van der Waals surface area contributed by atoms with Gasteiger partial charge in [0.25, 0.3) is 11.8 Å². The Kier molecular flexibility index (Phi) is 3.08. The predicted molar refractivity (Wildman–Crippen MR) is 61.0 cm³/mol. The second-order valence-corrected chi connectivity index (χ2v) is 3.67. The molecule has 1 aliphatic heterocycles. The minimum atomic E-state index is -1.62. The van der Waals surface area contributed by atoms with Crippen molar-refractivity contribution in [2.75, 3.05) is 0 Å². The fourth-order valence-electron chi connectivity index (χ4n) is 1.69. The molecular formula is C11H10BNO4. The first-order chi connectivity index (χ1) is 8.09. The van der Waals surface area contributed by atoms with E-state index in [2.05, 4.69) is 0 Å². The fraction of sp³-hybridized carbons (Fsp3) is 0.0909. The minimum Gasteiger partial charge on any atom is -0.423 e. The topological polar surface area (TPSA) is 77.8 Å². The number of benzene rings is 1. The maximum atomic E-state index is 11.4. The molecule has 0 bridgehead atoms. The van der Waals surface area contributed by atoms with E-state index in [4.69, 9.17) is 10.0 Å². The molecule has 86 valence electrons. The summed E-state index contributed by atoms with van der Waals surface area (Å²) < 4.78 is 0. The first kappa shape index (κ1) is 11.6. The van der Waals surface area contributed by atoms with E-state index in [1.165, 1.54) is 12.2 Å². The molecule has 0 aromatic heterocycles. The summed E-state index contributed by atoms with van der Waals surface area (Å²) in [7, 11) is -1.62. The Bertz CT molecular complexity index is 480. The van der Waals surface area contributed by atoms with Crippen LogP contribution in [-0.4, -0.2) is 33.9 Å². The number of nitrogens with zero attached hydrogens (tertiary/aromatic N) is 1. The smallest absolute Gasteiger partial charge is 0.423 e. The molecule has 0 radical (unpaired) electrons. The Labute approximate surface area is 98.1 Å². The van der Waals surface area contributed by atoms with Gasteiger partial charge in [0.2, 0.25) is 0 Å². The Morgan fingerprint density at radius 1 is 1.06 bits per heavy atom. The highest BCUT2D eigenvalue weighted by atomic mass is 16.4. The van der Waals surface area contributed by atoms with Crippen molar-refractivity contribution in [1.29, 1.82) is 0 Å². The number of amides is 2. The van der Waals surface area contributed by atoms with Gasteiger partial charge in [0.1, 0.15) is 0 Å². The van der Waals surface area contributed by atoms with E-state index in [0.29, 0.717) is 11.0 Å². The van der Waals surface area contributed by atoms with Gasteiger partial charge in [0.05, 0.1) is 6.54 Å². The van der Waals surface area contributed by atoms with Gasteiger partial charge in [-0.3, -0.25) is 14.5 Å². The quantitative estimate of drug-likeness (QED) is 0.505. The molecule has 1 heterocycles. The van der Waals surface area contributed by atoms with Gasteiger partial charge >= 0.3 is 7.12 Å². The average molecular weight is 231 g/mol. The number of imide groups is 1. The lowest BCUT2D eigenvalue weighted by Crippen LogP contribution is -2.37. The van der Waals surface area contributed by atoms with Crippen molar-refractivity contribution in [2.45, 2.75) is 6.54 Å². The molecule has 0 atom stereocenters. The molecule has 0 aliphatic carbocycles. The number of rotatable bonds is 3. The summed E-state index contributed by atoms with van der Waals surface area (Å²) in [5.41, 5.74) is 0.827. The summed E-state index contributed by atoms with van der Waals surface area (Å²) in [6.45, 7) is 0.0401. The lowest BCUT2D eigenvalue weighted by atomic mass is 9.77.